The highest BCUT2D eigenvalue weighted by atomic mass is 16.2. The summed E-state index contributed by atoms with van der Waals surface area (Å²) in [4.78, 5) is 25.8. The molecule has 1 saturated heterocycles. The second-order valence-corrected chi connectivity index (χ2v) is 5.34. The number of imide groups is 1. The van der Waals surface area contributed by atoms with Crippen LogP contribution < -0.4 is 0 Å². The zero-order valence-electron chi connectivity index (χ0n) is 12.2. The van der Waals surface area contributed by atoms with Crippen molar-refractivity contribution in [3.8, 4) is 0 Å². The number of nitrogens with zero attached hydrogens (tertiary/aromatic N) is 1. The Balaban J connectivity index is 1.71. The summed E-state index contributed by atoms with van der Waals surface area (Å²) >= 11 is 0. The normalized spacial score (nSPS) is 16.5. The molecule has 0 saturated carbocycles. The van der Waals surface area contributed by atoms with Crippen molar-refractivity contribution in [1.29, 1.82) is 0 Å². The highest BCUT2D eigenvalue weighted by Gasteiger charge is 2.33. The Bertz CT molecular complexity index is 705. The molecule has 1 aliphatic rings. The highest BCUT2D eigenvalue weighted by Crippen LogP contribution is 2.21. The van der Waals surface area contributed by atoms with Crippen LogP contribution >= 0.6 is 0 Å². The van der Waals surface area contributed by atoms with E-state index < -0.39 is 0 Å². The van der Waals surface area contributed by atoms with Crippen LogP contribution in [0, 0.1) is 0 Å². The molecular weight excluding hydrogens is 274 g/mol. The fourth-order valence-corrected chi connectivity index (χ4v) is 2.60. The first kappa shape index (κ1) is 14.3. The molecule has 1 aliphatic heterocycles. The van der Waals surface area contributed by atoms with E-state index in [9.17, 15) is 9.59 Å². The van der Waals surface area contributed by atoms with Crippen molar-refractivity contribution in [2.24, 2.45) is 0 Å². The fourth-order valence-electron chi connectivity index (χ4n) is 2.60. The van der Waals surface area contributed by atoms with E-state index in [0.29, 0.717) is 18.5 Å². The van der Waals surface area contributed by atoms with Crippen molar-refractivity contribution in [3.63, 3.8) is 0 Å². The van der Waals surface area contributed by atoms with Gasteiger partial charge in [0.25, 0.3) is 5.91 Å². The first-order chi connectivity index (χ1) is 10.7. The lowest BCUT2D eigenvalue weighted by Crippen LogP contribution is -2.31. The highest BCUT2D eigenvalue weighted by molar-refractivity contribution is 6.15. The second-order valence-electron chi connectivity index (χ2n) is 5.34. The number of benzene rings is 2. The van der Waals surface area contributed by atoms with Gasteiger partial charge in [-0.15, -0.1) is 0 Å². The van der Waals surface area contributed by atoms with E-state index >= 15 is 0 Å². The minimum absolute atomic E-state index is 0.108. The molecule has 3 rings (SSSR count). The summed E-state index contributed by atoms with van der Waals surface area (Å²) in [6.07, 6.45) is 2.70. The van der Waals surface area contributed by atoms with Crippen LogP contribution in [0.2, 0.25) is 0 Å². The van der Waals surface area contributed by atoms with Gasteiger partial charge >= 0.3 is 0 Å². The molecule has 110 valence electrons. The molecule has 3 heteroatoms. The number of hydrogen-bond acceptors (Lipinski definition) is 2. The Hall–Kier alpha value is -2.68. The summed E-state index contributed by atoms with van der Waals surface area (Å²) in [5, 5.41) is 0. The van der Waals surface area contributed by atoms with Gasteiger partial charge in [-0.3, -0.25) is 14.5 Å². The molecule has 0 unspecified atom stereocenters. The largest absolute Gasteiger partial charge is 0.278 e. The Labute approximate surface area is 129 Å². The number of hydrogen-bond donors (Lipinski definition) is 0. The molecule has 2 amide bonds. The monoisotopic (exact) mass is 291 g/mol. The molecule has 0 radical (unpaired) electrons. The van der Waals surface area contributed by atoms with Gasteiger partial charge < -0.3 is 0 Å². The topological polar surface area (TPSA) is 37.4 Å². The predicted molar refractivity (Wildman–Crippen MR) is 85.9 cm³/mol. The van der Waals surface area contributed by atoms with Gasteiger partial charge in [0, 0.05) is 12.1 Å². The fraction of sp³-hybridized carbons (Fsp3) is 0.158. The van der Waals surface area contributed by atoms with E-state index in [-0.39, 0.29) is 18.2 Å². The van der Waals surface area contributed by atoms with Crippen molar-refractivity contribution in [1.82, 2.24) is 4.90 Å². The SMILES string of the molecule is O=C1C/C(=C/c2ccccc2)C(=O)N1CCc1ccccc1. The number of rotatable bonds is 4. The van der Waals surface area contributed by atoms with Crippen LogP contribution in [0.3, 0.4) is 0 Å². The molecule has 22 heavy (non-hydrogen) atoms. The Kier molecular flexibility index (Phi) is 4.15. The minimum atomic E-state index is -0.162. The minimum Gasteiger partial charge on any atom is -0.278 e. The number of likely N-dealkylation sites (tertiary alicyclic amines) is 1. The van der Waals surface area contributed by atoms with E-state index in [1.54, 1.807) is 0 Å². The van der Waals surface area contributed by atoms with E-state index in [1.165, 1.54) is 4.90 Å². The van der Waals surface area contributed by atoms with Crippen molar-refractivity contribution in [2.45, 2.75) is 12.8 Å². The first-order valence-electron chi connectivity index (χ1n) is 7.38. The van der Waals surface area contributed by atoms with E-state index in [4.69, 9.17) is 0 Å². The van der Waals surface area contributed by atoms with Gasteiger partial charge in [-0.1, -0.05) is 60.7 Å². The van der Waals surface area contributed by atoms with Gasteiger partial charge in [-0.05, 0) is 23.6 Å². The van der Waals surface area contributed by atoms with Gasteiger partial charge in [-0.25, -0.2) is 0 Å². The molecule has 1 fully saturated rings. The Morgan fingerprint density at radius 1 is 0.909 bits per heavy atom. The van der Waals surface area contributed by atoms with Crippen LogP contribution in [0.5, 0.6) is 0 Å². The summed E-state index contributed by atoms with van der Waals surface area (Å²) in [6.45, 7) is 0.438. The molecule has 0 bridgehead atoms. The third-order valence-electron chi connectivity index (χ3n) is 3.77. The lowest BCUT2D eigenvalue weighted by Gasteiger charge is -2.13. The molecule has 2 aromatic carbocycles. The summed E-state index contributed by atoms with van der Waals surface area (Å²) in [5.41, 5.74) is 2.65. The van der Waals surface area contributed by atoms with Crippen LogP contribution in [-0.2, 0) is 16.0 Å². The lowest BCUT2D eigenvalue weighted by atomic mass is 10.1. The van der Waals surface area contributed by atoms with Crippen LogP contribution in [0.4, 0.5) is 0 Å². The standard InChI is InChI=1S/C19H17NO2/c21-18-14-17(13-16-9-5-2-6-10-16)19(22)20(18)12-11-15-7-3-1-4-8-15/h1-10,13H,11-12,14H2/b17-13-. The maximum atomic E-state index is 12.4. The van der Waals surface area contributed by atoms with Gasteiger partial charge in [0.1, 0.15) is 0 Å². The van der Waals surface area contributed by atoms with Crippen molar-refractivity contribution in [3.05, 3.63) is 77.4 Å². The summed E-state index contributed by atoms with van der Waals surface area (Å²) in [7, 11) is 0. The zero-order valence-corrected chi connectivity index (χ0v) is 12.2. The van der Waals surface area contributed by atoms with Crippen molar-refractivity contribution < 1.29 is 9.59 Å². The molecule has 3 nitrogen and oxygen atoms in total. The Morgan fingerprint density at radius 2 is 1.55 bits per heavy atom. The molecule has 0 atom stereocenters. The van der Waals surface area contributed by atoms with Crippen LogP contribution in [0.25, 0.3) is 6.08 Å². The van der Waals surface area contributed by atoms with E-state index in [0.717, 1.165) is 11.1 Å². The number of amides is 2. The molecular formula is C19H17NO2. The van der Waals surface area contributed by atoms with Gasteiger partial charge in [0.2, 0.25) is 5.91 Å². The predicted octanol–water partition coefficient (Wildman–Crippen LogP) is 3.07. The van der Waals surface area contributed by atoms with E-state index in [1.807, 2.05) is 66.7 Å². The third kappa shape index (κ3) is 3.14. The van der Waals surface area contributed by atoms with Crippen molar-refractivity contribution in [2.75, 3.05) is 6.54 Å². The average Bonchev–Trinajstić information content (AvgIpc) is 2.81. The third-order valence-corrected chi connectivity index (χ3v) is 3.77. The molecule has 2 aromatic rings. The molecule has 0 N–H and O–H groups in total. The maximum Gasteiger partial charge on any atom is 0.256 e. The smallest absolute Gasteiger partial charge is 0.256 e. The molecule has 0 aliphatic carbocycles. The van der Waals surface area contributed by atoms with E-state index in [2.05, 4.69) is 0 Å². The molecule has 0 spiro atoms. The van der Waals surface area contributed by atoms with Gasteiger partial charge in [-0.2, -0.15) is 0 Å². The van der Waals surface area contributed by atoms with Crippen LogP contribution in [-0.4, -0.2) is 23.3 Å². The molecule has 0 aromatic heterocycles. The van der Waals surface area contributed by atoms with Gasteiger partial charge in [0.05, 0.1) is 6.42 Å². The van der Waals surface area contributed by atoms with Crippen molar-refractivity contribution >= 4 is 17.9 Å². The van der Waals surface area contributed by atoms with Crippen LogP contribution in [0.15, 0.2) is 66.2 Å². The lowest BCUT2D eigenvalue weighted by molar-refractivity contribution is -0.137. The number of carbonyl (C=O) groups is 2. The van der Waals surface area contributed by atoms with Gasteiger partial charge in [0.15, 0.2) is 0 Å². The number of carbonyl (C=O) groups excluding carboxylic acids is 2. The summed E-state index contributed by atoms with van der Waals surface area (Å²) in [6, 6.07) is 19.5. The summed E-state index contributed by atoms with van der Waals surface area (Å²) in [5.74, 6) is -0.270. The second kappa shape index (κ2) is 6.39. The maximum absolute atomic E-state index is 12.4. The quantitative estimate of drug-likeness (QED) is 0.641. The first-order valence-corrected chi connectivity index (χ1v) is 7.38. The van der Waals surface area contributed by atoms with Crippen LogP contribution in [0.1, 0.15) is 17.5 Å². The zero-order chi connectivity index (χ0) is 15.4. The summed E-state index contributed by atoms with van der Waals surface area (Å²) < 4.78 is 0. The Morgan fingerprint density at radius 3 is 2.23 bits per heavy atom. The average molecular weight is 291 g/mol. The molecule has 1 heterocycles.